The second kappa shape index (κ2) is 13.8. The number of thiazole rings is 1. The van der Waals surface area contributed by atoms with Crippen LogP contribution in [0.2, 0.25) is 0 Å². The lowest BCUT2D eigenvalue weighted by Crippen LogP contribution is -2.32. The Balaban J connectivity index is 1.91. The van der Waals surface area contributed by atoms with E-state index in [0.29, 0.717) is 33.5 Å². The standard InChI is InChI=1S/C28H34N2O6S/c1-6-36-28(32)26-24(18-33-3)37-25(29-26)17-30(14-10-13-20-11-8-7-9-12-20)27(31)21-15-22(34-4)19(2)23(16-21)35-5/h7-9,11-12,15-16H,6,10,13-14,17-18H2,1-5H3. The van der Waals surface area contributed by atoms with Crippen molar-refractivity contribution in [2.45, 2.75) is 39.8 Å². The summed E-state index contributed by atoms with van der Waals surface area (Å²) in [6.07, 6.45) is 1.59. The maximum atomic E-state index is 13.8. The van der Waals surface area contributed by atoms with Crippen LogP contribution in [0.25, 0.3) is 0 Å². The number of aromatic nitrogens is 1. The highest BCUT2D eigenvalue weighted by atomic mass is 32.1. The monoisotopic (exact) mass is 526 g/mol. The summed E-state index contributed by atoms with van der Waals surface area (Å²) in [5, 5.41) is 0.634. The first-order chi connectivity index (χ1) is 17.9. The number of carbonyl (C=O) groups is 2. The number of aryl methyl sites for hydroxylation is 1. The molecule has 0 aliphatic carbocycles. The molecule has 1 heterocycles. The Kier molecular flexibility index (Phi) is 10.5. The van der Waals surface area contributed by atoms with Gasteiger partial charge in [0.15, 0.2) is 5.69 Å². The minimum Gasteiger partial charge on any atom is -0.496 e. The lowest BCUT2D eigenvalue weighted by Gasteiger charge is -2.23. The minimum absolute atomic E-state index is 0.175. The predicted molar refractivity (Wildman–Crippen MR) is 143 cm³/mol. The number of nitrogens with zero attached hydrogens (tertiary/aromatic N) is 2. The van der Waals surface area contributed by atoms with Gasteiger partial charge in [0.05, 0.1) is 38.9 Å². The number of amides is 1. The van der Waals surface area contributed by atoms with Gasteiger partial charge in [0.2, 0.25) is 0 Å². The Morgan fingerprint density at radius 1 is 1.03 bits per heavy atom. The number of methoxy groups -OCH3 is 3. The Hall–Kier alpha value is -3.43. The van der Waals surface area contributed by atoms with Crippen molar-refractivity contribution in [1.82, 2.24) is 9.88 Å². The Bertz CT molecular complexity index is 1170. The molecule has 0 aliphatic heterocycles. The molecule has 0 saturated heterocycles. The zero-order valence-corrected chi connectivity index (χ0v) is 22.9. The van der Waals surface area contributed by atoms with Crippen LogP contribution in [0.5, 0.6) is 11.5 Å². The molecule has 0 aliphatic rings. The van der Waals surface area contributed by atoms with Crippen molar-refractivity contribution >= 4 is 23.2 Å². The molecule has 3 rings (SSSR count). The number of benzene rings is 2. The molecule has 198 valence electrons. The summed E-state index contributed by atoms with van der Waals surface area (Å²) in [6, 6.07) is 13.6. The summed E-state index contributed by atoms with van der Waals surface area (Å²) < 4.78 is 21.4. The number of esters is 1. The molecule has 1 amide bonds. The van der Waals surface area contributed by atoms with Crippen LogP contribution in [0.1, 0.15) is 55.2 Å². The van der Waals surface area contributed by atoms with Crippen molar-refractivity contribution in [3.63, 3.8) is 0 Å². The molecule has 0 radical (unpaired) electrons. The van der Waals surface area contributed by atoms with Crippen LogP contribution >= 0.6 is 11.3 Å². The van der Waals surface area contributed by atoms with Gasteiger partial charge in [-0.3, -0.25) is 4.79 Å². The van der Waals surface area contributed by atoms with E-state index in [2.05, 4.69) is 17.1 Å². The van der Waals surface area contributed by atoms with Gasteiger partial charge in [-0.1, -0.05) is 30.3 Å². The number of ether oxygens (including phenoxy) is 4. The second-order valence-electron chi connectivity index (χ2n) is 8.35. The molecule has 9 heteroatoms. The van der Waals surface area contributed by atoms with Gasteiger partial charge in [-0.15, -0.1) is 11.3 Å². The van der Waals surface area contributed by atoms with Crippen LogP contribution < -0.4 is 9.47 Å². The molecule has 2 aromatic carbocycles. The average molecular weight is 527 g/mol. The van der Waals surface area contributed by atoms with Crippen molar-refractivity contribution in [3.05, 3.63) is 74.7 Å². The summed E-state index contributed by atoms with van der Waals surface area (Å²) >= 11 is 1.35. The summed E-state index contributed by atoms with van der Waals surface area (Å²) in [5.74, 6) is 0.485. The van der Waals surface area contributed by atoms with E-state index in [4.69, 9.17) is 18.9 Å². The van der Waals surface area contributed by atoms with Crippen LogP contribution in [0, 0.1) is 6.92 Å². The molecule has 0 N–H and O–H groups in total. The van der Waals surface area contributed by atoms with E-state index < -0.39 is 5.97 Å². The maximum Gasteiger partial charge on any atom is 0.358 e. The molecule has 0 saturated carbocycles. The molecular weight excluding hydrogens is 492 g/mol. The molecule has 8 nitrogen and oxygen atoms in total. The highest BCUT2D eigenvalue weighted by molar-refractivity contribution is 7.11. The third-order valence-corrected chi connectivity index (χ3v) is 6.85. The first-order valence-corrected chi connectivity index (χ1v) is 12.9. The van der Waals surface area contributed by atoms with Crippen LogP contribution in [-0.2, 0) is 29.0 Å². The molecule has 37 heavy (non-hydrogen) atoms. The highest BCUT2D eigenvalue weighted by Gasteiger charge is 2.24. The summed E-state index contributed by atoms with van der Waals surface area (Å²) in [7, 11) is 4.70. The third kappa shape index (κ3) is 7.30. The van der Waals surface area contributed by atoms with E-state index in [1.54, 1.807) is 45.3 Å². The molecule has 0 atom stereocenters. The van der Waals surface area contributed by atoms with Crippen molar-refractivity contribution in [2.75, 3.05) is 34.5 Å². The largest absolute Gasteiger partial charge is 0.496 e. The van der Waals surface area contributed by atoms with E-state index in [1.807, 2.05) is 25.1 Å². The molecule has 0 spiro atoms. The minimum atomic E-state index is -0.494. The smallest absolute Gasteiger partial charge is 0.358 e. The summed E-state index contributed by atoms with van der Waals surface area (Å²) in [5.41, 5.74) is 2.72. The lowest BCUT2D eigenvalue weighted by atomic mass is 10.1. The normalized spacial score (nSPS) is 10.7. The molecule has 1 aromatic heterocycles. The van der Waals surface area contributed by atoms with Gasteiger partial charge in [0.25, 0.3) is 5.91 Å². The predicted octanol–water partition coefficient (Wildman–Crippen LogP) is 5.07. The van der Waals surface area contributed by atoms with Crippen molar-refractivity contribution < 1.29 is 28.5 Å². The summed E-state index contributed by atoms with van der Waals surface area (Å²) in [4.78, 5) is 33.2. The third-order valence-electron chi connectivity index (χ3n) is 5.83. The van der Waals surface area contributed by atoms with E-state index in [-0.39, 0.29) is 31.4 Å². The van der Waals surface area contributed by atoms with Crippen LogP contribution in [0.4, 0.5) is 0 Å². The SMILES string of the molecule is CCOC(=O)c1nc(CN(CCCc2ccccc2)C(=O)c2cc(OC)c(C)c(OC)c2)sc1COC. The van der Waals surface area contributed by atoms with E-state index >= 15 is 0 Å². The number of hydrogen-bond donors (Lipinski definition) is 0. The topological polar surface area (TPSA) is 87.2 Å². The Labute approximate surface area is 222 Å². The van der Waals surface area contributed by atoms with Crippen LogP contribution in [0.15, 0.2) is 42.5 Å². The van der Waals surface area contributed by atoms with E-state index in [0.717, 1.165) is 18.4 Å². The Morgan fingerprint density at radius 3 is 2.30 bits per heavy atom. The van der Waals surface area contributed by atoms with Gasteiger partial charge in [-0.2, -0.15) is 0 Å². The van der Waals surface area contributed by atoms with Crippen molar-refractivity contribution in [3.8, 4) is 11.5 Å². The molecule has 0 fully saturated rings. The van der Waals surface area contributed by atoms with E-state index in [1.165, 1.54) is 16.9 Å². The number of carbonyl (C=O) groups excluding carboxylic acids is 2. The fourth-order valence-electron chi connectivity index (χ4n) is 3.98. The quantitative estimate of drug-likeness (QED) is 0.288. The number of rotatable bonds is 13. The lowest BCUT2D eigenvalue weighted by molar-refractivity contribution is 0.0515. The second-order valence-corrected chi connectivity index (χ2v) is 9.52. The van der Waals surface area contributed by atoms with Gasteiger partial charge >= 0.3 is 5.97 Å². The van der Waals surface area contributed by atoms with Crippen molar-refractivity contribution in [2.24, 2.45) is 0 Å². The van der Waals surface area contributed by atoms with Crippen LogP contribution in [0.3, 0.4) is 0 Å². The molecule has 0 bridgehead atoms. The molecule has 0 unspecified atom stereocenters. The van der Waals surface area contributed by atoms with Gasteiger partial charge in [0.1, 0.15) is 16.5 Å². The zero-order chi connectivity index (χ0) is 26.8. The van der Waals surface area contributed by atoms with Gasteiger partial charge in [-0.25, -0.2) is 9.78 Å². The number of hydrogen-bond acceptors (Lipinski definition) is 8. The summed E-state index contributed by atoms with van der Waals surface area (Å²) in [6.45, 7) is 4.86. The van der Waals surface area contributed by atoms with Crippen molar-refractivity contribution in [1.29, 1.82) is 0 Å². The fraction of sp³-hybridized carbons (Fsp3) is 0.393. The molecule has 3 aromatic rings. The first kappa shape index (κ1) is 28.1. The Morgan fingerprint density at radius 2 is 1.70 bits per heavy atom. The van der Waals surface area contributed by atoms with Gasteiger partial charge in [0, 0.05) is 24.8 Å². The van der Waals surface area contributed by atoms with Gasteiger partial charge < -0.3 is 23.8 Å². The average Bonchev–Trinajstić information content (AvgIpc) is 3.31. The van der Waals surface area contributed by atoms with Gasteiger partial charge in [-0.05, 0) is 44.4 Å². The van der Waals surface area contributed by atoms with E-state index in [9.17, 15) is 9.59 Å². The zero-order valence-electron chi connectivity index (χ0n) is 22.0. The highest BCUT2D eigenvalue weighted by Crippen LogP contribution is 2.31. The fourth-order valence-corrected chi connectivity index (χ4v) is 5.03. The van der Waals surface area contributed by atoms with Crippen LogP contribution in [-0.4, -0.2) is 56.2 Å². The first-order valence-electron chi connectivity index (χ1n) is 12.1. The maximum absolute atomic E-state index is 13.8. The molecular formula is C28H34N2O6S.